The van der Waals surface area contributed by atoms with Gasteiger partial charge in [-0.2, -0.15) is 8.42 Å². The van der Waals surface area contributed by atoms with Crippen molar-refractivity contribution in [1.82, 2.24) is 9.71 Å². The average molecular weight is 282 g/mol. The van der Waals surface area contributed by atoms with E-state index >= 15 is 0 Å². The van der Waals surface area contributed by atoms with Crippen LogP contribution in [0, 0.1) is 16.7 Å². The van der Waals surface area contributed by atoms with Crippen LogP contribution in [0.2, 0.25) is 0 Å². The zero-order valence-corrected chi connectivity index (χ0v) is 12.3. The minimum atomic E-state index is -3.88. The van der Waals surface area contributed by atoms with E-state index in [-0.39, 0.29) is 21.8 Å². The topological polar surface area (TPSA) is 76.1 Å². The normalized spacial score (nSPS) is 20.8. The van der Waals surface area contributed by atoms with Crippen molar-refractivity contribution < 1.29 is 13.2 Å². The highest BCUT2D eigenvalue weighted by atomic mass is 32.2. The average Bonchev–Trinajstić information content (AvgIpc) is 2.70. The molecular formula is C13H18N2O3S. The number of nitrogens with one attached hydrogen (secondary N) is 1. The molecule has 1 aromatic rings. The van der Waals surface area contributed by atoms with Gasteiger partial charge in [-0.25, -0.2) is 9.71 Å². The predicted molar refractivity (Wildman–Crippen MR) is 70.6 cm³/mol. The first-order chi connectivity index (χ1) is 8.61. The van der Waals surface area contributed by atoms with Gasteiger partial charge in [0.15, 0.2) is 5.03 Å². The van der Waals surface area contributed by atoms with E-state index < -0.39 is 15.9 Å². The quantitative estimate of drug-likeness (QED) is 0.913. The van der Waals surface area contributed by atoms with Crippen molar-refractivity contribution in [2.24, 2.45) is 16.7 Å². The van der Waals surface area contributed by atoms with Crippen molar-refractivity contribution in [2.75, 3.05) is 0 Å². The lowest BCUT2D eigenvalue weighted by molar-refractivity contribution is -0.121. The van der Waals surface area contributed by atoms with Crippen LogP contribution in [0.25, 0.3) is 0 Å². The lowest BCUT2D eigenvalue weighted by atomic mass is 10.0. The third kappa shape index (κ3) is 2.14. The minimum Gasteiger partial charge on any atom is -0.274 e. The summed E-state index contributed by atoms with van der Waals surface area (Å²) >= 11 is 0. The van der Waals surface area contributed by atoms with Gasteiger partial charge >= 0.3 is 0 Å². The Morgan fingerprint density at radius 3 is 2.21 bits per heavy atom. The van der Waals surface area contributed by atoms with Gasteiger partial charge in [0, 0.05) is 6.20 Å². The summed E-state index contributed by atoms with van der Waals surface area (Å²) in [5.74, 6) is -0.765. The Hall–Kier alpha value is -1.43. The van der Waals surface area contributed by atoms with Gasteiger partial charge in [-0.15, -0.1) is 0 Å². The molecule has 2 rings (SSSR count). The number of carbonyl (C=O) groups is 1. The third-order valence-electron chi connectivity index (χ3n) is 4.43. The summed E-state index contributed by atoms with van der Waals surface area (Å²) in [6.07, 6.45) is 1.38. The van der Waals surface area contributed by atoms with E-state index in [1.807, 2.05) is 27.7 Å². The van der Waals surface area contributed by atoms with Crippen LogP contribution in [0.5, 0.6) is 0 Å². The number of amides is 1. The van der Waals surface area contributed by atoms with Crippen LogP contribution < -0.4 is 4.72 Å². The lowest BCUT2D eigenvalue weighted by Crippen LogP contribution is -2.33. The van der Waals surface area contributed by atoms with Gasteiger partial charge in [0.1, 0.15) is 0 Å². The maximum absolute atomic E-state index is 12.1. The molecule has 0 saturated heterocycles. The van der Waals surface area contributed by atoms with Gasteiger partial charge in [-0.05, 0) is 23.0 Å². The summed E-state index contributed by atoms with van der Waals surface area (Å²) in [6.45, 7) is 7.85. The molecule has 19 heavy (non-hydrogen) atoms. The van der Waals surface area contributed by atoms with E-state index in [0.717, 1.165) is 0 Å². The molecule has 1 aliphatic carbocycles. The molecule has 1 amide bonds. The Labute approximate surface area is 113 Å². The SMILES string of the molecule is CC1(C)C(C(=O)NS(=O)(=O)c2ccccn2)C1(C)C. The number of nitrogens with zero attached hydrogens (tertiary/aromatic N) is 1. The largest absolute Gasteiger partial charge is 0.281 e. The van der Waals surface area contributed by atoms with Gasteiger partial charge in [0.25, 0.3) is 10.0 Å². The van der Waals surface area contributed by atoms with Crippen molar-refractivity contribution in [2.45, 2.75) is 32.7 Å². The Kier molecular flexibility index (Phi) is 2.97. The van der Waals surface area contributed by atoms with E-state index in [0.29, 0.717) is 0 Å². The number of hydrogen-bond acceptors (Lipinski definition) is 4. The van der Waals surface area contributed by atoms with Crippen LogP contribution >= 0.6 is 0 Å². The molecule has 104 valence electrons. The number of hydrogen-bond donors (Lipinski definition) is 1. The molecule has 1 heterocycles. The molecule has 0 radical (unpaired) electrons. The van der Waals surface area contributed by atoms with Gasteiger partial charge in [-0.1, -0.05) is 33.8 Å². The van der Waals surface area contributed by atoms with Crippen molar-refractivity contribution in [3.05, 3.63) is 24.4 Å². The predicted octanol–water partition coefficient (Wildman–Crippen LogP) is 1.57. The summed E-state index contributed by atoms with van der Waals surface area (Å²) in [6, 6.07) is 4.55. The molecule has 5 nitrogen and oxygen atoms in total. The highest BCUT2D eigenvalue weighted by Crippen LogP contribution is 2.68. The fourth-order valence-electron chi connectivity index (χ4n) is 2.60. The first-order valence-corrected chi connectivity index (χ1v) is 7.57. The van der Waals surface area contributed by atoms with E-state index in [9.17, 15) is 13.2 Å². The Balaban J connectivity index is 2.18. The molecule has 1 saturated carbocycles. The molecular weight excluding hydrogens is 264 g/mol. The third-order valence-corrected chi connectivity index (χ3v) is 5.69. The zero-order chi connectivity index (χ0) is 14.5. The summed E-state index contributed by atoms with van der Waals surface area (Å²) < 4.78 is 26.1. The standard InChI is InChI=1S/C13H18N2O3S/c1-12(2)10(13(12,3)4)11(16)15-19(17,18)9-7-5-6-8-14-9/h5-8,10H,1-4H3,(H,15,16). The van der Waals surface area contributed by atoms with E-state index in [1.54, 1.807) is 12.1 Å². The first-order valence-electron chi connectivity index (χ1n) is 6.08. The van der Waals surface area contributed by atoms with E-state index in [2.05, 4.69) is 9.71 Å². The van der Waals surface area contributed by atoms with E-state index in [1.165, 1.54) is 12.3 Å². The molecule has 1 fully saturated rings. The second-order valence-corrected chi connectivity index (χ2v) is 7.64. The number of pyridine rings is 1. The lowest BCUT2D eigenvalue weighted by Gasteiger charge is -2.06. The molecule has 0 bridgehead atoms. The number of aromatic nitrogens is 1. The van der Waals surface area contributed by atoms with Crippen molar-refractivity contribution in [3.8, 4) is 0 Å². The molecule has 1 aromatic heterocycles. The number of sulfonamides is 1. The van der Waals surface area contributed by atoms with E-state index in [4.69, 9.17) is 0 Å². The van der Waals surface area contributed by atoms with Gasteiger partial charge in [-0.3, -0.25) is 4.79 Å². The van der Waals surface area contributed by atoms with Gasteiger partial charge in [0.05, 0.1) is 5.92 Å². The smallest absolute Gasteiger partial charge is 0.274 e. The maximum atomic E-state index is 12.1. The van der Waals surface area contributed by atoms with Crippen LogP contribution in [0.1, 0.15) is 27.7 Å². The second-order valence-electron chi connectivity index (χ2n) is 6.01. The van der Waals surface area contributed by atoms with Crippen LogP contribution in [-0.4, -0.2) is 19.3 Å². The summed E-state index contributed by atoms with van der Waals surface area (Å²) in [5, 5.41) is -0.139. The van der Waals surface area contributed by atoms with Crippen LogP contribution in [0.15, 0.2) is 29.4 Å². The molecule has 1 aliphatic rings. The zero-order valence-electron chi connectivity index (χ0n) is 11.5. The Bertz CT molecular complexity index is 592. The molecule has 0 unspecified atom stereocenters. The number of rotatable bonds is 3. The molecule has 6 heteroatoms. The first kappa shape index (κ1) is 14.0. The van der Waals surface area contributed by atoms with Gasteiger partial charge < -0.3 is 0 Å². The van der Waals surface area contributed by atoms with Crippen LogP contribution in [-0.2, 0) is 14.8 Å². The van der Waals surface area contributed by atoms with Crippen LogP contribution in [0.3, 0.4) is 0 Å². The van der Waals surface area contributed by atoms with Crippen molar-refractivity contribution in [3.63, 3.8) is 0 Å². The van der Waals surface area contributed by atoms with Gasteiger partial charge in [0.2, 0.25) is 5.91 Å². The molecule has 0 spiro atoms. The molecule has 0 aliphatic heterocycles. The molecule has 0 aromatic carbocycles. The highest BCUT2D eigenvalue weighted by Gasteiger charge is 2.68. The summed E-state index contributed by atoms with van der Waals surface area (Å²) in [5.41, 5.74) is -0.395. The van der Waals surface area contributed by atoms with Crippen LogP contribution in [0.4, 0.5) is 0 Å². The number of carbonyl (C=O) groups excluding carboxylic acids is 1. The minimum absolute atomic E-state index is 0.139. The Morgan fingerprint density at radius 1 is 1.21 bits per heavy atom. The summed E-state index contributed by atoms with van der Waals surface area (Å²) in [4.78, 5) is 15.9. The van der Waals surface area contributed by atoms with Crippen molar-refractivity contribution >= 4 is 15.9 Å². The highest BCUT2D eigenvalue weighted by molar-refractivity contribution is 7.90. The monoisotopic (exact) mass is 282 g/mol. The Morgan fingerprint density at radius 2 is 1.79 bits per heavy atom. The fourth-order valence-corrected chi connectivity index (χ4v) is 3.55. The second kappa shape index (κ2) is 4.03. The van der Waals surface area contributed by atoms with Crippen molar-refractivity contribution in [1.29, 1.82) is 0 Å². The summed E-state index contributed by atoms with van der Waals surface area (Å²) in [7, 11) is -3.88. The maximum Gasteiger partial charge on any atom is 0.281 e. The molecule has 0 atom stereocenters. The fraction of sp³-hybridized carbons (Fsp3) is 0.538. The molecule has 1 N–H and O–H groups in total.